The van der Waals surface area contributed by atoms with Crippen molar-refractivity contribution < 1.29 is 4.74 Å². The zero-order chi connectivity index (χ0) is 7.23. The van der Waals surface area contributed by atoms with Crippen LogP contribution in [0.25, 0.3) is 0 Å². The number of nitrogens with one attached hydrogen (secondary N) is 1. The smallest absolute Gasteiger partial charge is 0.0619 e. The van der Waals surface area contributed by atoms with Crippen molar-refractivity contribution in [1.82, 2.24) is 5.32 Å². The van der Waals surface area contributed by atoms with E-state index in [0.29, 0.717) is 6.04 Å². The maximum absolute atomic E-state index is 5.28. The first kappa shape index (κ1) is 7.76. The Kier molecular flexibility index (Phi) is 3.47. The molecule has 1 aliphatic rings. The Bertz CT molecular complexity index is 97.4. The lowest BCUT2D eigenvalue weighted by atomic mass is 10.1. The standard InChI is InChI=1S/C8H15NO/c1-2-5-9-8-4-3-6-10-7-8/h2,8-9H,1,3-7H2. The third kappa shape index (κ3) is 2.50. The van der Waals surface area contributed by atoms with Gasteiger partial charge < -0.3 is 10.1 Å². The van der Waals surface area contributed by atoms with E-state index in [9.17, 15) is 0 Å². The second kappa shape index (κ2) is 4.47. The van der Waals surface area contributed by atoms with E-state index in [1.807, 2.05) is 6.08 Å². The van der Waals surface area contributed by atoms with E-state index in [-0.39, 0.29) is 0 Å². The fourth-order valence-electron chi connectivity index (χ4n) is 1.15. The zero-order valence-electron chi connectivity index (χ0n) is 6.31. The fraction of sp³-hybridized carbons (Fsp3) is 0.750. The normalized spacial score (nSPS) is 26.2. The highest BCUT2D eigenvalue weighted by Crippen LogP contribution is 2.04. The van der Waals surface area contributed by atoms with Crippen molar-refractivity contribution in [3.8, 4) is 0 Å². The Labute approximate surface area is 62.3 Å². The van der Waals surface area contributed by atoms with Gasteiger partial charge in [-0.15, -0.1) is 6.58 Å². The second-order valence-corrected chi connectivity index (χ2v) is 2.61. The maximum atomic E-state index is 5.28. The van der Waals surface area contributed by atoms with Crippen LogP contribution in [0.4, 0.5) is 0 Å². The molecule has 1 atom stereocenters. The molecule has 1 fully saturated rings. The second-order valence-electron chi connectivity index (χ2n) is 2.61. The summed E-state index contributed by atoms with van der Waals surface area (Å²) < 4.78 is 5.28. The molecule has 0 aromatic carbocycles. The van der Waals surface area contributed by atoms with Crippen LogP contribution in [-0.4, -0.2) is 25.8 Å². The van der Waals surface area contributed by atoms with Crippen LogP contribution >= 0.6 is 0 Å². The largest absolute Gasteiger partial charge is 0.380 e. The van der Waals surface area contributed by atoms with Gasteiger partial charge in [0, 0.05) is 19.2 Å². The lowest BCUT2D eigenvalue weighted by Crippen LogP contribution is -2.36. The summed E-state index contributed by atoms with van der Waals surface area (Å²) in [6.45, 7) is 6.34. The van der Waals surface area contributed by atoms with Crippen molar-refractivity contribution in [3.63, 3.8) is 0 Å². The average molecular weight is 141 g/mol. The predicted octanol–water partition coefficient (Wildman–Crippen LogP) is 0.941. The minimum Gasteiger partial charge on any atom is -0.380 e. The minimum absolute atomic E-state index is 0.562. The summed E-state index contributed by atoms with van der Waals surface area (Å²) in [6, 6.07) is 0.562. The number of hydrogen-bond donors (Lipinski definition) is 1. The van der Waals surface area contributed by atoms with Crippen LogP contribution in [0.2, 0.25) is 0 Å². The van der Waals surface area contributed by atoms with E-state index in [1.54, 1.807) is 0 Å². The van der Waals surface area contributed by atoms with Crippen molar-refractivity contribution in [2.24, 2.45) is 0 Å². The topological polar surface area (TPSA) is 21.3 Å². The summed E-state index contributed by atoms with van der Waals surface area (Å²) in [4.78, 5) is 0. The molecular weight excluding hydrogens is 126 g/mol. The van der Waals surface area contributed by atoms with Gasteiger partial charge in [0.25, 0.3) is 0 Å². The Morgan fingerprint density at radius 3 is 3.20 bits per heavy atom. The molecule has 2 nitrogen and oxygen atoms in total. The molecule has 0 aliphatic carbocycles. The Morgan fingerprint density at radius 1 is 1.70 bits per heavy atom. The van der Waals surface area contributed by atoms with Gasteiger partial charge >= 0.3 is 0 Å². The molecule has 0 aromatic rings. The van der Waals surface area contributed by atoms with Crippen LogP contribution in [0.15, 0.2) is 12.7 Å². The highest BCUT2D eigenvalue weighted by molar-refractivity contribution is 4.76. The van der Waals surface area contributed by atoms with Crippen LogP contribution < -0.4 is 5.32 Å². The lowest BCUT2D eigenvalue weighted by molar-refractivity contribution is 0.0717. The molecule has 1 rings (SSSR count). The van der Waals surface area contributed by atoms with Crippen molar-refractivity contribution in [2.75, 3.05) is 19.8 Å². The van der Waals surface area contributed by atoms with Gasteiger partial charge in [0.15, 0.2) is 0 Å². The van der Waals surface area contributed by atoms with E-state index >= 15 is 0 Å². The van der Waals surface area contributed by atoms with Crippen LogP contribution in [0.3, 0.4) is 0 Å². The number of hydrogen-bond acceptors (Lipinski definition) is 2. The third-order valence-corrected chi connectivity index (χ3v) is 1.71. The Morgan fingerprint density at radius 2 is 2.60 bits per heavy atom. The van der Waals surface area contributed by atoms with E-state index in [1.165, 1.54) is 12.8 Å². The summed E-state index contributed by atoms with van der Waals surface area (Å²) in [5.41, 5.74) is 0. The Balaban J connectivity index is 2.07. The SMILES string of the molecule is C=CCNC1CCCOC1. The number of ether oxygens (including phenoxy) is 1. The first-order valence-corrected chi connectivity index (χ1v) is 3.85. The quantitative estimate of drug-likeness (QED) is 0.591. The molecule has 0 amide bonds. The van der Waals surface area contributed by atoms with Gasteiger partial charge in [-0.25, -0.2) is 0 Å². The highest BCUT2D eigenvalue weighted by atomic mass is 16.5. The summed E-state index contributed by atoms with van der Waals surface area (Å²) in [6.07, 6.45) is 4.32. The monoisotopic (exact) mass is 141 g/mol. The summed E-state index contributed by atoms with van der Waals surface area (Å²) >= 11 is 0. The van der Waals surface area contributed by atoms with E-state index in [0.717, 1.165) is 19.8 Å². The zero-order valence-corrected chi connectivity index (χ0v) is 6.31. The predicted molar refractivity (Wildman–Crippen MR) is 42.0 cm³/mol. The minimum atomic E-state index is 0.562. The van der Waals surface area contributed by atoms with Crippen molar-refractivity contribution in [3.05, 3.63) is 12.7 Å². The highest BCUT2D eigenvalue weighted by Gasteiger charge is 2.11. The van der Waals surface area contributed by atoms with Gasteiger partial charge in [-0.05, 0) is 12.8 Å². The van der Waals surface area contributed by atoms with Gasteiger partial charge in [-0.3, -0.25) is 0 Å². The fourth-order valence-corrected chi connectivity index (χ4v) is 1.15. The van der Waals surface area contributed by atoms with Crippen molar-refractivity contribution >= 4 is 0 Å². The van der Waals surface area contributed by atoms with E-state index < -0.39 is 0 Å². The molecule has 1 saturated heterocycles. The van der Waals surface area contributed by atoms with Gasteiger partial charge in [0.1, 0.15) is 0 Å². The maximum Gasteiger partial charge on any atom is 0.0619 e. The number of rotatable bonds is 3. The van der Waals surface area contributed by atoms with Crippen molar-refractivity contribution in [2.45, 2.75) is 18.9 Å². The molecule has 1 N–H and O–H groups in total. The molecule has 0 saturated carbocycles. The molecule has 1 aliphatic heterocycles. The van der Waals surface area contributed by atoms with Gasteiger partial charge in [0.2, 0.25) is 0 Å². The third-order valence-electron chi connectivity index (χ3n) is 1.71. The molecule has 2 heteroatoms. The van der Waals surface area contributed by atoms with Gasteiger partial charge in [-0.1, -0.05) is 6.08 Å². The van der Waals surface area contributed by atoms with Gasteiger partial charge in [0.05, 0.1) is 6.61 Å². The van der Waals surface area contributed by atoms with Crippen LogP contribution in [0, 0.1) is 0 Å². The first-order valence-electron chi connectivity index (χ1n) is 3.85. The Hall–Kier alpha value is -0.340. The van der Waals surface area contributed by atoms with Gasteiger partial charge in [-0.2, -0.15) is 0 Å². The molecule has 0 aromatic heterocycles. The molecule has 58 valence electrons. The molecule has 0 spiro atoms. The summed E-state index contributed by atoms with van der Waals surface area (Å²) in [5, 5.41) is 3.33. The van der Waals surface area contributed by atoms with Crippen LogP contribution in [0.1, 0.15) is 12.8 Å². The molecule has 0 bridgehead atoms. The van der Waals surface area contributed by atoms with Crippen molar-refractivity contribution in [1.29, 1.82) is 0 Å². The average Bonchev–Trinajstić information content (AvgIpc) is 2.03. The lowest BCUT2D eigenvalue weighted by Gasteiger charge is -2.22. The molecule has 1 heterocycles. The molecular formula is C8H15NO. The summed E-state index contributed by atoms with van der Waals surface area (Å²) in [5.74, 6) is 0. The molecule has 0 radical (unpaired) electrons. The molecule has 1 unspecified atom stereocenters. The van der Waals surface area contributed by atoms with E-state index in [4.69, 9.17) is 4.74 Å². The van der Waals surface area contributed by atoms with Crippen LogP contribution in [-0.2, 0) is 4.74 Å². The van der Waals surface area contributed by atoms with Crippen LogP contribution in [0.5, 0.6) is 0 Å². The first-order chi connectivity index (χ1) is 4.93. The molecule has 10 heavy (non-hydrogen) atoms. The summed E-state index contributed by atoms with van der Waals surface area (Å²) in [7, 11) is 0. The van der Waals surface area contributed by atoms with E-state index in [2.05, 4.69) is 11.9 Å².